The average Bonchev–Trinajstić information content (AvgIpc) is 2.85. The number of methoxy groups -OCH3 is 1. The highest BCUT2D eigenvalue weighted by atomic mass is 16.5. The maximum Gasteiger partial charge on any atom is 0.332 e. The van der Waals surface area contributed by atoms with Crippen molar-refractivity contribution in [2.45, 2.75) is 38.3 Å². The number of benzene rings is 3. The van der Waals surface area contributed by atoms with E-state index in [2.05, 4.69) is 47.4 Å². The summed E-state index contributed by atoms with van der Waals surface area (Å²) in [5.41, 5.74) is 1.03. The summed E-state index contributed by atoms with van der Waals surface area (Å²) < 4.78 is 5.25. The standard InChI is InChI=1S/C27H30N2O3/c1-3-25(30)29(23-13-5-4-6-14-23)27(26(31)32-2)16-18-28(19-17-27)20-22-12-9-11-21-10-7-8-15-24(21)22/h4-15H,3,16-20H2,1-2H3. The van der Waals surface area contributed by atoms with Gasteiger partial charge in [0.05, 0.1) is 7.11 Å². The average molecular weight is 431 g/mol. The number of rotatable bonds is 6. The van der Waals surface area contributed by atoms with Crippen LogP contribution in [0.4, 0.5) is 5.69 Å². The van der Waals surface area contributed by atoms with Gasteiger partial charge < -0.3 is 4.74 Å². The fourth-order valence-electron chi connectivity index (χ4n) is 4.83. The molecule has 166 valence electrons. The third kappa shape index (κ3) is 4.13. The van der Waals surface area contributed by atoms with Crippen molar-refractivity contribution in [3.8, 4) is 0 Å². The molecule has 3 aromatic rings. The summed E-state index contributed by atoms with van der Waals surface area (Å²) in [5, 5.41) is 2.49. The predicted molar refractivity (Wildman–Crippen MR) is 127 cm³/mol. The number of para-hydroxylation sites is 1. The molecule has 1 amide bonds. The zero-order valence-electron chi connectivity index (χ0n) is 18.8. The molecule has 0 atom stereocenters. The predicted octanol–water partition coefficient (Wildman–Crippen LogP) is 4.79. The number of anilines is 1. The molecule has 3 aromatic carbocycles. The van der Waals surface area contributed by atoms with Crippen molar-refractivity contribution < 1.29 is 14.3 Å². The molecule has 0 unspecified atom stereocenters. The highest BCUT2D eigenvalue weighted by molar-refractivity contribution is 6.02. The third-order valence-corrected chi connectivity index (χ3v) is 6.52. The van der Waals surface area contributed by atoms with E-state index in [-0.39, 0.29) is 11.9 Å². The number of carbonyl (C=O) groups is 2. The highest BCUT2D eigenvalue weighted by Crippen LogP contribution is 2.36. The van der Waals surface area contributed by atoms with Gasteiger partial charge in [-0.25, -0.2) is 4.79 Å². The Kier molecular flexibility index (Phi) is 6.56. The van der Waals surface area contributed by atoms with Crippen molar-refractivity contribution >= 4 is 28.3 Å². The number of likely N-dealkylation sites (tertiary alicyclic amines) is 1. The van der Waals surface area contributed by atoms with Gasteiger partial charge in [-0.1, -0.05) is 67.6 Å². The summed E-state index contributed by atoms with van der Waals surface area (Å²) in [5.74, 6) is -0.405. The molecule has 0 aromatic heterocycles. The van der Waals surface area contributed by atoms with Crippen LogP contribution in [0.15, 0.2) is 72.8 Å². The van der Waals surface area contributed by atoms with Crippen LogP contribution in [0.3, 0.4) is 0 Å². The Bertz CT molecular complexity index is 1080. The van der Waals surface area contributed by atoms with Gasteiger partial charge >= 0.3 is 5.97 Å². The van der Waals surface area contributed by atoms with E-state index >= 15 is 0 Å². The minimum absolute atomic E-state index is 0.0656. The highest BCUT2D eigenvalue weighted by Gasteiger charge is 2.49. The van der Waals surface area contributed by atoms with E-state index < -0.39 is 5.54 Å². The Hall–Kier alpha value is -3.18. The van der Waals surface area contributed by atoms with Gasteiger partial charge in [0, 0.05) is 31.7 Å². The van der Waals surface area contributed by atoms with E-state index in [1.165, 1.54) is 23.4 Å². The van der Waals surface area contributed by atoms with Crippen molar-refractivity contribution in [3.05, 3.63) is 78.4 Å². The minimum atomic E-state index is -0.988. The molecule has 1 fully saturated rings. The second-order valence-electron chi connectivity index (χ2n) is 8.36. The van der Waals surface area contributed by atoms with Gasteiger partial charge in [0.25, 0.3) is 0 Å². The van der Waals surface area contributed by atoms with Gasteiger partial charge in [-0.05, 0) is 41.3 Å². The summed E-state index contributed by atoms with van der Waals surface area (Å²) in [6.45, 7) is 4.06. The Morgan fingerprint density at radius 3 is 2.28 bits per heavy atom. The van der Waals surface area contributed by atoms with Crippen LogP contribution >= 0.6 is 0 Å². The Balaban J connectivity index is 1.60. The monoisotopic (exact) mass is 430 g/mol. The fraction of sp³-hybridized carbons (Fsp3) is 0.333. The molecule has 0 spiro atoms. The molecule has 0 N–H and O–H groups in total. The molecule has 0 aliphatic carbocycles. The Morgan fingerprint density at radius 1 is 0.938 bits per heavy atom. The van der Waals surface area contributed by atoms with Crippen LogP contribution < -0.4 is 4.90 Å². The van der Waals surface area contributed by atoms with Crippen LogP contribution in [0, 0.1) is 0 Å². The van der Waals surface area contributed by atoms with Crippen molar-refractivity contribution in [2.24, 2.45) is 0 Å². The summed E-state index contributed by atoms with van der Waals surface area (Å²) >= 11 is 0. The minimum Gasteiger partial charge on any atom is -0.467 e. The number of nitrogens with zero attached hydrogens (tertiary/aromatic N) is 2. The number of ether oxygens (including phenoxy) is 1. The summed E-state index contributed by atoms with van der Waals surface area (Å²) in [7, 11) is 1.41. The first-order valence-electron chi connectivity index (χ1n) is 11.2. The Morgan fingerprint density at radius 2 is 1.59 bits per heavy atom. The maximum absolute atomic E-state index is 13.1. The molecular weight excluding hydrogens is 400 g/mol. The van der Waals surface area contributed by atoms with Crippen LogP contribution in [0.1, 0.15) is 31.7 Å². The molecule has 4 rings (SSSR count). The van der Waals surface area contributed by atoms with Crippen molar-refractivity contribution in [3.63, 3.8) is 0 Å². The number of piperidine rings is 1. The molecule has 1 saturated heterocycles. The van der Waals surface area contributed by atoms with Crippen LogP contribution in [0.5, 0.6) is 0 Å². The van der Waals surface area contributed by atoms with Crippen molar-refractivity contribution in [1.82, 2.24) is 4.90 Å². The lowest BCUT2D eigenvalue weighted by Crippen LogP contribution is -2.62. The number of fused-ring (bicyclic) bond motifs is 1. The molecule has 5 nitrogen and oxygen atoms in total. The number of hydrogen-bond donors (Lipinski definition) is 0. The van der Waals surface area contributed by atoms with Gasteiger partial charge in [0.2, 0.25) is 5.91 Å². The first kappa shape index (κ1) is 22.0. The molecule has 5 heteroatoms. The Labute approximate surface area is 189 Å². The molecule has 0 saturated carbocycles. The van der Waals surface area contributed by atoms with Gasteiger partial charge in [-0.3, -0.25) is 14.6 Å². The van der Waals surface area contributed by atoms with Crippen molar-refractivity contribution in [2.75, 3.05) is 25.1 Å². The topological polar surface area (TPSA) is 49.9 Å². The number of carbonyl (C=O) groups excluding carboxylic acids is 2. The fourth-order valence-corrected chi connectivity index (χ4v) is 4.83. The third-order valence-electron chi connectivity index (χ3n) is 6.52. The van der Waals surface area contributed by atoms with E-state index in [0.717, 1.165) is 12.2 Å². The molecule has 1 heterocycles. The van der Waals surface area contributed by atoms with E-state index in [9.17, 15) is 9.59 Å². The number of amides is 1. The number of hydrogen-bond acceptors (Lipinski definition) is 4. The van der Waals surface area contributed by atoms with E-state index in [1.807, 2.05) is 37.3 Å². The first-order chi connectivity index (χ1) is 15.6. The lowest BCUT2D eigenvalue weighted by atomic mass is 9.84. The van der Waals surface area contributed by atoms with Gasteiger partial charge in [0.15, 0.2) is 0 Å². The summed E-state index contributed by atoms with van der Waals surface area (Å²) in [6, 6.07) is 24.3. The number of esters is 1. The van der Waals surface area contributed by atoms with Gasteiger partial charge in [0.1, 0.15) is 5.54 Å². The SMILES string of the molecule is CCC(=O)N(c1ccccc1)C1(C(=O)OC)CCN(Cc2cccc3ccccc23)CC1. The molecule has 32 heavy (non-hydrogen) atoms. The second-order valence-corrected chi connectivity index (χ2v) is 8.36. The van der Waals surface area contributed by atoms with Gasteiger partial charge in [-0.2, -0.15) is 0 Å². The largest absolute Gasteiger partial charge is 0.467 e. The smallest absolute Gasteiger partial charge is 0.332 e. The quantitative estimate of drug-likeness (QED) is 0.528. The van der Waals surface area contributed by atoms with E-state index in [4.69, 9.17) is 4.74 Å². The van der Waals surface area contributed by atoms with Crippen LogP contribution in [-0.2, 0) is 20.9 Å². The molecular formula is C27H30N2O3. The zero-order chi connectivity index (χ0) is 22.6. The molecule has 0 radical (unpaired) electrons. The van der Waals surface area contributed by atoms with Crippen LogP contribution in [0.25, 0.3) is 10.8 Å². The molecule has 1 aliphatic rings. The second kappa shape index (κ2) is 9.53. The lowest BCUT2D eigenvalue weighted by Gasteiger charge is -2.46. The zero-order valence-corrected chi connectivity index (χ0v) is 18.8. The van der Waals surface area contributed by atoms with E-state index in [1.54, 1.807) is 4.90 Å². The maximum atomic E-state index is 13.1. The summed E-state index contributed by atoms with van der Waals surface area (Å²) in [4.78, 5) is 30.2. The summed E-state index contributed by atoms with van der Waals surface area (Å²) in [6.07, 6.45) is 1.39. The molecule has 0 bridgehead atoms. The van der Waals surface area contributed by atoms with Crippen LogP contribution in [0.2, 0.25) is 0 Å². The van der Waals surface area contributed by atoms with E-state index in [0.29, 0.717) is 32.4 Å². The first-order valence-corrected chi connectivity index (χ1v) is 11.2. The normalized spacial score (nSPS) is 15.9. The molecule has 1 aliphatic heterocycles. The lowest BCUT2D eigenvalue weighted by molar-refractivity contribution is -0.151. The van der Waals surface area contributed by atoms with Crippen LogP contribution in [-0.4, -0.2) is 42.5 Å². The van der Waals surface area contributed by atoms with Gasteiger partial charge in [-0.15, -0.1) is 0 Å². The van der Waals surface area contributed by atoms with Crippen molar-refractivity contribution in [1.29, 1.82) is 0 Å².